The monoisotopic (exact) mass is 536 g/mol. The molecule has 0 spiro atoms. The van der Waals surface area contributed by atoms with Gasteiger partial charge in [-0.15, -0.1) is 0 Å². The SMILES string of the molecule is O.O=C(O)CCC(=O)O.c1ccc(C2CCN(CCCN3c4ccccc4Sc4ccccc43)CC2)cc1. The minimum absolute atomic E-state index is 0. The van der Waals surface area contributed by atoms with Gasteiger partial charge in [-0.2, -0.15) is 0 Å². The molecular formula is C30H36N2O5S. The number of hydrogen-bond donors (Lipinski definition) is 2. The molecule has 2 aliphatic heterocycles. The van der Waals surface area contributed by atoms with Crippen LogP contribution in [-0.2, 0) is 9.59 Å². The Bertz CT molecular complexity index is 1120. The van der Waals surface area contributed by atoms with Crippen LogP contribution in [0.2, 0.25) is 0 Å². The maximum atomic E-state index is 9.64. The number of aliphatic carboxylic acids is 2. The number of para-hydroxylation sites is 2. The first kappa shape index (κ1) is 29.2. The van der Waals surface area contributed by atoms with Crippen LogP contribution < -0.4 is 4.90 Å². The third-order valence-electron chi connectivity index (χ3n) is 6.80. The fraction of sp³-hybridized carbons (Fsp3) is 0.333. The van der Waals surface area contributed by atoms with Crippen molar-refractivity contribution in [2.75, 3.05) is 31.1 Å². The van der Waals surface area contributed by atoms with Crippen molar-refractivity contribution in [3.8, 4) is 0 Å². The number of benzene rings is 3. The average molecular weight is 537 g/mol. The van der Waals surface area contributed by atoms with Gasteiger partial charge in [0.25, 0.3) is 0 Å². The molecule has 0 aliphatic carbocycles. The first-order valence-corrected chi connectivity index (χ1v) is 13.7. The molecule has 0 saturated carbocycles. The van der Waals surface area contributed by atoms with Gasteiger partial charge in [-0.3, -0.25) is 9.59 Å². The van der Waals surface area contributed by atoms with E-state index in [4.69, 9.17) is 10.2 Å². The minimum atomic E-state index is -1.08. The van der Waals surface area contributed by atoms with Crippen LogP contribution in [0.4, 0.5) is 11.4 Å². The molecule has 7 nitrogen and oxygen atoms in total. The van der Waals surface area contributed by atoms with Gasteiger partial charge in [0.15, 0.2) is 0 Å². The number of carboxylic acids is 2. The van der Waals surface area contributed by atoms with Crippen molar-refractivity contribution in [2.24, 2.45) is 0 Å². The molecule has 8 heteroatoms. The van der Waals surface area contributed by atoms with Gasteiger partial charge >= 0.3 is 11.9 Å². The lowest BCUT2D eigenvalue weighted by Gasteiger charge is -2.35. The number of likely N-dealkylation sites (tertiary alicyclic amines) is 1. The Labute approximate surface area is 228 Å². The Morgan fingerprint density at radius 1 is 0.737 bits per heavy atom. The van der Waals surface area contributed by atoms with E-state index in [1.54, 1.807) is 0 Å². The van der Waals surface area contributed by atoms with E-state index < -0.39 is 11.9 Å². The average Bonchev–Trinajstić information content (AvgIpc) is 2.93. The highest BCUT2D eigenvalue weighted by Crippen LogP contribution is 2.47. The van der Waals surface area contributed by atoms with E-state index in [2.05, 4.69) is 88.7 Å². The van der Waals surface area contributed by atoms with E-state index in [9.17, 15) is 9.59 Å². The first-order valence-electron chi connectivity index (χ1n) is 12.9. The Kier molecular flexibility index (Phi) is 11.2. The molecule has 5 rings (SSSR count). The Morgan fingerprint density at radius 3 is 1.76 bits per heavy atom. The third kappa shape index (κ3) is 8.08. The van der Waals surface area contributed by atoms with Crippen molar-refractivity contribution in [3.05, 3.63) is 84.4 Å². The molecule has 3 aromatic rings. The zero-order chi connectivity index (χ0) is 26.0. The van der Waals surface area contributed by atoms with Crippen molar-refractivity contribution >= 4 is 35.1 Å². The summed E-state index contributed by atoms with van der Waals surface area (Å²) in [5.41, 5.74) is 4.24. The molecule has 0 radical (unpaired) electrons. The number of rotatable bonds is 8. The molecule has 4 N–H and O–H groups in total. The summed E-state index contributed by atoms with van der Waals surface area (Å²) in [7, 11) is 0. The van der Waals surface area contributed by atoms with Crippen LogP contribution in [0, 0.1) is 0 Å². The van der Waals surface area contributed by atoms with Crippen LogP contribution in [0.1, 0.15) is 43.6 Å². The fourth-order valence-electron chi connectivity index (χ4n) is 4.90. The number of piperidine rings is 1. The molecule has 1 fully saturated rings. The summed E-state index contributed by atoms with van der Waals surface area (Å²) in [5.74, 6) is -1.41. The number of carboxylic acid groups (broad SMARTS) is 2. The normalized spacial score (nSPS) is 14.8. The molecule has 2 heterocycles. The summed E-state index contributed by atoms with van der Waals surface area (Å²) in [6.07, 6.45) is 3.18. The van der Waals surface area contributed by atoms with Crippen LogP contribution in [0.5, 0.6) is 0 Å². The van der Waals surface area contributed by atoms with Crippen LogP contribution in [0.25, 0.3) is 0 Å². The standard InChI is InChI=1S/C26H28N2S.C4H6O4.H2O/c1-2-9-21(10-3-1)22-15-19-27(20-16-22)17-8-18-28-23-11-4-6-13-25(23)29-26-14-7-5-12-24(26)28;5-3(6)1-2-4(7)8;/h1-7,9-14,22H,8,15-20H2;1-2H2,(H,5,6)(H,7,8);1H2. The lowest BCUT2D eigenvalue weighted by Crippen LogP contribution is -2.35. The van der Waals surface area contributed by atoms with E-state index in [1.165, 1.54) is 65.6 Å². The van der Waals surface area contributed by atoms with Crippen LogP contribution in [0.3, 0.4) is 0 Å². The molecule has 0 unspecified atom stereocenters. The van der Waals surface area contributed by atoms with Crippen LogP contribution in [-0.4, -0.2) is 58.7 Å². The molecule has 0 bridgehead atoms. The smallest absolute Gasteiger partial charge is 0.303 e. The summed E-state index contributed by atoms with van der Waals surface area (Å²) < 4.78 is 0. The highest BCUT2D eigenvalue weighted by Gasteiger charge is 2.24. The Morgan fingerprint density at radius 2 is 1.24 bits per heavy atom. The van der Waals surface area contributed by atoms with Crippen molar-refractivity contribution in [1.82, 2.24) is 4.90 Å². The Balaban J connectivity index is 0.000000390. The second-order valence-corrected chi connectivity index (χ2v) is 10.4. The fourth-order valence-corrected chi connectivity index (χ4v) is 6.00. The summed E-state index contributed by atoms with van der Waals surface area (Å²) in [6, 6.07) is 28.7. The molecule has 0 aromatic heterocycles. The van der Waals surface area contributed by atoms with Gasteiger partial charge < -0.3 is 25.5 Å². The van der Waals surface area contributed by atoms with Gasteiger partial charge in [0.1, 0.15) is 0 Å². The van der Waals surface area contributed by atoms with Gasteiger partial charge in [0.2, 0.25) is 0 Å². The summed E-state index contributed by atoms with van der Waals surface area (Å²) >= 11 is 1.89. The molecule has 38 heavy (non-hydrogen) atoms. The molecular weight excluding hydrogens is 500 g/mol. The van der Waals surface area contributed by atoms with Crippen molar-refractivity contribution in [3.63, 3.8) is 0 Å². The van der Waals surface area contributed by atoms with E-state index in [1.807, 2.05) is 11.8 Å². The summed E-state index contributed by atoms with van der Waals surface area (Å²) in [4.78, 5) is 27.2. The third-order valence-corrected chi connectivity index (χ3v) is 7.93. The van der Waals surface area contributed by atoms with Crippen LogP contribution in [0.15, 0.2) is 88.7 Å². The largest absolute Gasteiger partial charge is 0.481 e. The van der Waals surface area contributed by atoms with E-state index in [0.717, 1.165) is 12.5 Å². The topological polar surface area (TPSA) is 113 Å². The predicted octanol–water partition coefficient (Wildman–Crippen LogP) is 5.67. The molecule has 2 aliphatic rings. The molecule has 1 saturated heterocycles. The number of nitrogens with zero attached hydrogens (tertiary/aromatic N) is 2. The quantitative estimate of drug-likeness (QED) is 0.381. The maximum absolute atomic E-state index is 9.64. The van der Waals surface area contributed by atoms with Gasteiger partial charge in [0.05, 0.1) is 24.2 Å². The summed E-state index contributed by atoms with van der Waals surface area (Å²) in [6.45, 7) is 4.72. The second-order valence-electron chi connectivity index (χ2n) is 9.36. The van der Waals surface area contributed by atoms with Crippen LogP contribution >= 0.6 is 11.8 Å². The maximum Gasteiger partial charge on any atom is 0.303 e. The molecule has 202 valence electrons. The molecule has 3 aromatic carbocycles. The van der Waals surface area contributed by atoms with Gasteiger partial charge in [-0.25, -0.2) is 0 Å². The predicted molar refractivity (Wildman–Crippen MR) is 152 cm³/mol. The van der Waals surface area contributed by atoms with Crippen molar-refractivity contribution in [2.45, 2.75) is 47.8 Å². The molecule has 0 amide bonds. The van der Waals surface area contributed by atoms with Gasteiger partial charge in [0, 0.05) is 16.3 Å². The van der Waals surface area contributed by atoms with Crippen molar-refractivity contribution in [1.29, 1.82) is 0 Å². The zero-order valence-electron chi connectivity index (χ0n) is 21.5. The van der Waals surface area contributed by atoms with Crippen molar-refractivity contribution < 1.29 is 25.3 Å². The highest BCUT2D eigenvalue weighted by molar-refractivity contribution is 7.99. The number of fused-ring (bicyclic) bond motifs is 2. The van der Waals surface area contributed by atoms with Gasteiger partial charge in [-0.05, 0) is 74.6 Å². The Hall–Kier alpha value is -3.33. The van der Waals surface area contributed by atoms with E-state index >= 15 is 0 Å². The van der Waals surface area contributed by atoms with E-state index in [-0.39, 0.29) is 18.3 Å². The lowest BCUT2D eigenvalue weighted by atomic mass is 9.89. The number of carbonyl (C=O) groups is 2. The number of anilines is 2. The van der Waals surface area contributed by atoms with Gasteiger partial charge in [-0.1, -0.05) is 66.4 Å². The lowest BCUT2D eigenvalue weighted by molar-refractivity contribution is -0.143. The minimum Gasteiger partial charge on any atom is -0.481 e. The first-order chi connectivity index (χ1) is 18.0. The second kappa shape index (κ2) is 14.6. The highest BCUT2D eigenvalue weighted by atomic mass is 32.2. The number of hydrogen-bond acceptors (Lipinski definition) is 5. The van der Waals surface area contributed by atoms with E-state index in [0.29, 0.717) is 0 Å². The molecule has 0 atom stereocenters. The summed E-state index contributed by atoms with van der Waals surface area (Å²) in [5, 5.41) is 15.8. The zero-order valence-corrected chi connectivity index (χ0v) is 22.3.